The van der Waals surface area contributed by atoms with E-state index in [1.54, 1.807) is 19.2 Å². The van der Waals surface area contributed by atoms with Crippen LogP contribution in [-0.4, -0.2) is 47.7 Å². The zero-order valence-electron chi connectivity index (χ0n) is 27.0. The van der Waals surface area contributed by atoms with Crippen LogP contribution in [0.25, 0.3) is 11.1 Å². The topological polar surface area (TPSA) is 63.7 Å². The number of allylic oxidation sites excluding steroid dienone is 5. The first-order valence-electron chi connectivity index (χ1n) is 15.0. The van der Waals surface area contributed by atoms with E-state index in [1.807, 2.05) is 126 Å². The maximum Gasteiger partial charge on any atom is 0.236 e. The number of amides is 1. The molecule has 0 N–H and O–H groups in total. The molecule has 0 spiro atoms. The van der Waals surface area contributed by atoms with Crippen LogP contribution in [0.5, 0.6) is 5.75 Å². The standard InChI is InChI=1S/C28H29NO4S.C8H12.C2H6/c1-3-17-33-25-15-9-21(10-16-25)18-27(34-20-30)28(32)29(2)19-26(31)24-13-11-23(12-14-24)22-7-5-4-6-8-22;1-4-5-6-7-8(2)3;1-2/h4-16,20,27H,3,17-19H2,1-2H3;4-7H,2H2,1,3H3;1-2H3/b;5-4-,7-6-;. The summed E-state index contributed by atoms with van der Waals surface area (Å²) in [6.07, 6.45) is 9.23. The first-order chi connectivity index (χ1) is 21.3. The normalized spacial score (nSPS) is 11.0. The van der Waals surface area contributed by atoms with Gasteiger partial charge in [-0.3, -0.25) is 14.4 Å². The molecule has 1 atom stereocenters. The van der Waals surface area contributed by atoms with Gasteiger partial charge in [0.25, 0.3) is 0 Å². The molecule has 3 aromatic rings. The van der Waals surface area contributed by atoms with Crippen molar-refractivity contribution in [3.8, 4) is 16.9 Å². The van der Waals surface area contributed by atoms with Gasteiger partial charge in [-0.05, 0) is 55.5 Å². The van der Waals surface area contributed by atoms with Gasteiger partial charge in [0, 0.05) is 12.6 Å². The number of ketones is 1. The third kappa shape index (κ3) is 14.3. The second kappa shape index (κ2) is 22.4. The van der Waals surface area contributed by atoms with Gasteiger partial charge in [0.2, 0.25) is 5.91 Å². The van der Waals surface area contributed by atoms with Crippen LogP contribution >= 0.6 is 11.8 Å². The minimum atomic E-state index is -0.599. The van der Waals surface area contributed by atoms with E-state index in [4.69, 9.17) is 4.74 Å². The van der Waals surface area contributed by atoms with Crippen LogP contribution in [0.15, 0.2) is 115 Å². The monoisotopic (exact) mass is 613 g/mol. The lowest BCUT2D eigenvalue weighted by molar-refractivity contribution is -0.128. The van der Waals surface area contributed by atoms with Crippen molar-refractivity contribution in [2.45, 2.75) is 52.7 Å². The van der Waals surface area contributed by atoms with Crippen LogP contribution in [0.3, 0.4) is 0 Å². The summed E-state index contributed by atoms with van der Waals surface area (Å²) in [4.78, 5) is 38.4. The van der Waals surface area contributed by atoms with Gasteiger partial charge in [-0.1, -0.05) is 136 Å². The van der Waals surface area contributed by atoms with Crippen LogP contribution in [0.1, 0.15) is 57.0 Å². The smallest absolute Gasteiger partial charge is 0.236 e. The van der Waals surface area contributed by atoms with E-state index in [0.29, 0.717) is 24.2 Å². The Morgan fingerprint density at radius 2 is 1.55 bits per heavy atom. The highest BCUT2D eigenvalue weighted by atomic mass is 32.2. The highest BCUT2D eigenvalue weighted by Gasteiger charge is 2.25. The first kappa shape index (κ1) is 37.9. The number of benzene rings is 3. The molecule has 5 nitrogen and oxygen atoms in total. The number of hydrogen-bond donors (Lipinski definition) is 0. The van der Waals surface area contributed by atoms with Crippen molar-refractivity contribution in [2.75, 3.05) is 20.2 Å². The predicted molar refractivity (Wildman–Crippen MR) is 188 cm³/mol. The van der Waals surface area contributed by atoms with Gasteiger partial charge in [0.05, 0.1) is 18.4 Å². The molecule has 0 heterocycles. The molecule has 0 saturated heterocycles. The predicted octanol–water partition coefficient (Wildman–Crippen LogP) is 9.04. The van der Waals surface area contributed by atoms with E-state index >= 15 is 0 Å². The molecule has 6 heteroatoms. The largest absolute Gasteiger partial charge is 0.494 e. The van der Waals surface area contributed by atoms with Gasteiger partial charge >= 0.3 is 0 Å². The Morgan fingerprint density at radius 3 is 2.09 bits per heavy atom. The summed E-state index contributed by atoms with van der Waals surface area (Å²) in [6, 6.07) is 24.8. The summed E-state index contributed by atoms with van der Waals surface area (Å²) in [5.74, 6) is 0.373. The summed E-state index contributed by atoms with van der Waals surface area (Å²) in [5.41, 5.74) is 5.33. The molecule has 3 rings (SSSR count). The highest BCUT2D eigenvalue weighted by Crippen LogP contribution is 2.21. The Morgan fingerprint density at radius 1 is 0.932 bits per heavy atom. The first-order valence-corrected chi connectivity index (χ1v) is 15.9. The molecule has 3 aromatic carbocycles. The van der Waals surface area contributed by atoms with Gasteiger partial charge in [-0.15, -0.1) is 0 Å². The highest BCUT2D eigenvalue weighted by molar-refractivity contribution is 8.13. The molecule has 0 aliphatic rings. The minimum absolute atomic E-state index is 0.0524. The molecular weight excluding hydrogens is 566 g/mol. The minimum Gasteiger partial charge on any atom is -0.494 e. The van der Waals surface area contributed by atoms with Crippen molar-refractivity contribution in [3.63, 3.8) is 0 Å². The maximum atomic E-state index is 13.0. The second-order valence-corrected chi connectivity index (χ2v) is 10.7. The third-order valence-electron chi connectivity index (χ3n) is 6.07. The van der Waals surface area contributed by atoms with Crippen molar-refractivity contribution in [1.82, 2.24) is 4.90 Å². The lowest BCUT2D eigenvalue weighted by Gasteiger charge is -2.22. The Labute approximate surface area is 268 Å². The number of likely N-dealkylation sites (N-methyl/N-ethyl adjacent to an activating group) is 1. The van der Waals surface area contributed by atoms with Crippen molar-refractivity contribution in [1.29, 1.82) is 0 Å². The molecule has 0 aliphatic carbocycles. The number of ether oxygens (including phenoxy) is 1. The van der Waals surface area contributed by atoms with Crippen molar-refractivity contribution < 1.29 is 19.1 Å². The van der Waals surface area contributed by atoms with Crippen LogP contribution < -0.4 is 4.74 Å². The van der Waals surface area contributed by atoms with Gasteiger partial charge in [0.15, 0.2) is 11.4 Å². The summed E-state index contributed by atoms with van der Waals surface area (Å²) in [7, 11) is 1.60. The number of carbonyl (C=O) groups excluding carboxylic acids is 3. The lowest BCUT2D eigenvalue weighted by atomic mass is 10.0. The molecule has 0 aliphatic heterocycles. The molecule has 1 amide bonds. The molecule has 0 aromatic heterocycles. The second-order valence-electron chi connectivity index (χ2n) is 9.71. The fraction of sp³-hybridized carbons (Fsp3) is 0.289. The van der Waals surface area contributed by atoms with Crippen molar-refractivity contribution >= 4 is 29.1 Å². The number of carbonyl (C=O) groups is 3. The average molecular weight is 614 g/mol. The fourth-order valence-corrected chi connectivity index (χ4v) is 4.58. The van der Waals surface area contributed by atoms with E-state index in [0.717, 1.165) is 46.2 Å². The number of hydrogen-bond acceptors (Lipinski definition) is 5. The van der Waals surface area contributed by atoms with Gasteiger partial charge < -0.3 is 9.64 Å². The number of rotatable bonds is 14. The Balaban J connectivity index is 0.000000840. The Hall–Kier alpha value is -4.16. The number of Topliss-reactive ketones (excluding diaryl/α,β-unsaturated/α-hetero) is 1. The Kier molecular flexibility index (Phi) is 19.3. The third-order valence-corrected chi connectivity index (χ3v) is 6.88. The van der Waals surface area contributed by atoms with E-state index in [9.17, 15) is 14.4 Å². The van der Waals surface area contributed by atoms with Gasteiger partial charge in [0.1, 0.15) is 5.75 Å². The quantitative estimate of drug-likeness (QED) is 0.103. The lowest BCUT2D eigenvalue weighted by Crippen LogP contribution is -2.39. The van der Waals surface area contributed by atoms with Crippen molar-refractivity contribution in [2.24, 2.45) is 0 Å². The zero-order chi connectivity index (χ0) is 32.7. The molecular formula is C38H47NO4S. The molecule has 234 valence electrons. The van der Waals surface area contributed by atoms with Gasteiger partial charge in [-0.2, -0.15) is 0 Å². The van der Waals surface area contributed by atoms with E-state index in [2.05, 4.69) is 6.58 Å². The fourth-order valence-electron chi connectivity index (χ4n) is 3.86. The summed E-state index contributed by atoms with van der Waals surface area (Å²) in [5, 5.41) is -0.599. The molecule has 0 saturated carbocycles. The van der Waals surface area contributed by atoms with Crippen LogP contribution in [0, 0.1) is 0 Å². The molecule has 0 radical (unpaired) electrons. The van der Waals surface area contributed by atoms with Gasteiger partial charge in [-0.25, -0.2) is 0 Å². The molecule has 1 unspecified atom stereocenters. The number of nitrogens with zero attached hydrogens (tertiary/aromatic N) is 1. The average Bonchev–Trinajstić information content (AvgIpc) is 3.05. The van der Waals surface area contributed by atoms with Crippen LogP contribution in [0.2, 0.25) is 0 Å². The van der Waals surface area contributed by atoms with Crippen LogP contribution in [-0.2, 0) is 16.0 Å². The van der Waals surface area contributed by atoms with E-state index in [1.165, 1.54) is 4.90 Å². The SMILES string of the molecule is C=C(C)/C=C\C=C/C.CC.CCCOc1ccc(CC(SC=O)C(=O)N(C)CC(=O)c2ccc(-c3ccccc3)cc2)cc1. The molecule has 0 fully saturated rings. The van der Waals surface area contributed by atoms with E-state index < -0.39 is 5.25 Å². The zero-order valence-corrected chi connectivity index (χ0v) is 27.8. The summed E-state index contributed by atoms with van der Waals surface area (Å²) < 4.78 is 5.59. The molecule has 0 bridgehead atoms. The van der Waals surface area contributed by atoms with E-state index in [-0.39, 0.29) is 18.2 Å². The maximum absolute atomic E-state index is 13.0. The van der Waals surface area contributed by atoms with Crippen LogP contribution in [0.4, 0.5) is 0 Å². The summed E-state index contributed by atoms with van der Waals surface area (Å²) >= 11 is 0.934. The summed E-state index contributed by atoms with van der Waals surface area (Å²) in [6.45, 7) is 14.3. The van der Waals surface area contributed by atoms with Crippen molar-refractivity contribution in [3.05, 3.63) is 126 Å². The number of thioether (sulfide) groups is 1. The molecule has 44 heavy (non-hydrogen) atoms. The Bertz CT molecular complexity index is 1330.